The van der Waals surface area contributed by atoms with Gasteiger partial charge in [-0.2, -0.15) is 0 Å². The summed E-state index contributed by atoms with van der Waals surface area (Å²) < 4.78 is 10.8. The zero-order valence-electron chi connectivity index (χ0n) is 17.4. The second-order valence-corrected chi connectivity index (χ2v) is 8.91. The molecule has 6 heteroatoms. The van der Waals surface area contributed by atoms with E-state index in [1.54, 1.807) is 7.11 Å². The molecule has 0 saturated heterocycles. The van der Waals surface area contributed by atoms with Crippen molar-refractivity contribution in [1.29, 1.82) is 0 Å². The van der Waals surface area contributed by atoms with E-state index in [0.717, 1.165) is 5.57 Å². The van der Waals surface area contributed by atoms with Crippen molar-refractivity contribution in [3.63, 3.8) is 0 Å². The highest BCUT2D eigenvalue weighted by Crippen LogP contribution is 2.64. The third-order valence-corrected chi connectivity index (χ3v) is 7.12. The summed E-state index contributed by atoms with van der Waals surface area (Å²) in [5, 5.41) is 21.4. The lowest BCUT2D eigenvalue weighted by Crippen LogP contribution is -2.66. The van der Waals surface area contributed by atoms with Crippen molar-refractivity contribution in [3.8, 4) is 0 Å². The molecule has 6 nitrogen and oxygen atoms in total. The lowest BCUT2D eigenvalue weighted by Gasteiger charge is -2.62. The zero-order valence-corrected chi connectivity index (χ0v) is 17.4. The first-order valence-electron chi connectivity index (χ1n) is 9.74. The number of carbonyl (C=O) groups is 2. The second-order valence-electron chi connectivity index (χ2n) is 8.91. The van der Waals surface area contributed by atoms with Gasteiger partial charge in [0.15, 0.2) is 0 Å². The Morgan fingerprint density at radius 1 is 1.26 bits per heavy atom. The molecular formula is C21H34O6. The fourth-order valence-electron chi connectivity index (χ4n) is 5.79. The van der Waals surface area contributed by atoms with Gasteiger partial charge in [0.05, 0.1) is 25.0 Å². The van der Waals surface area contributed by atoms with E-state index in [0.29, 0.717) is 25.7 Å². The first-order chi connectivity index (χ1) is 12.5. The summed E-state index contributed by atoms with van der Waals surface area (Å²) >= 11 is 0. The molecule has 5 atom stereocenters. The number of aliphatic carboxylic acids is 1. The van der Waals surface area contributed by atoms with E-state index in [9.17, 15) is 19.8 Å². The van der Waals surface area contributed by atoms with Crippen LogP contribution in [-0.4, -0.2) is 48.1 Å². The van der Waals surface area contributed by atoms with Gasteiger partial charge in [0.25, 0.3) is 0 Å². The summed E-state index contributed by atoms with van der Waals surface area (Å²) in [6, 6.07) is 0. The molecule has 0 heterocycles. The molecular weight excluding hydrogens is 348 g/mol. The Morgan fingerprint density at radius 3 is 2.37 bits per heavy atom. The van der Waals surface area contributed by atoms with Gasteiger partial charge in [0, 0.05) is 12.5 Å². The fourth-order valence-corrected chi connectivity index (χ4v) is 5.79. The fraction of sp³-hybridized carbons (Fsp3) is 0.810. The van der Waals surface area contributed by atoms with Crippen molar-refractivity contribution >= 4 is 11.9 Å². The molecule has 0 aromatic carbocycles. The van der Waals surface area contributed by atoms with Crippen molar-refractivity contribution < 1.29 is 29.3 Å². The van der Waals surface area contributed by atoms with Crippen LogP contribution in [0.1, 0.15) is 59.8 Å². The number of hydrogen-bond donors (Lipinski definition) is 2. The number of carboxylic acid groups (broad SMARTS) is 1. The molecule has 2 fully saturated rings. The highest BCUT2D eigenvalue weighted by atomic mass is 16.5. The van der Waals surface area contributed by atoms with Gasteiger partial charge in [0.2, 0.25) is 0 Å². The van der Waals surface area contributed by atoms with Crippen LogP contribution >= 0.6 is 0 Å². The highest BCUT2D eigenvalue weighted by Gasteiger charge is 2.67. The SMILES string of the molecule is COC(=O)[C@@]1(C)[C@@H](OC)CC[C@@]2(C)[C@H]1CC/C(=C\C(C)C)[C@@]2(O)CC(=O)O. The average Bonchev–Trinajstić information content (AvgIpc) is 2.57. The maximum Gasteiger partial charge on any atom is 0.314 e. The number of esters is 1. The van der Waals surface area contributed by atoms with Gasteiger partial charge in [-0.3, -0.25) is 9.59 Å². The van der Waals surface area contributed by atoms with E-state index in [4.69, 9.17) is 9.47 Å². The van der Waals surface area contributed by atoms with Crippen LogP contribution in [0.25, 0.3) is 0 Å². The minimum Gasteiger partial charge on any atom is -0.481 e. The Kier molecular flexibility index (Phi) is 6.12. The summed E-state index contributed by atoms with van der Waals surface area (Å²) in [5.41, 5.74) is -2.42. The lowest BCUT2D eigenvalue weighted by molar-refractivity contribution is -0.215. The molecule has 2 aliphatic carbocycles. The number of aliphatic hydroxyl groups is 1. The minimum atomic E-state index is -1.50. The molecule has 2 saturated carbocycles. The molecule has 0 aromatic heterocycles. The molecule has 0 spiro atoms. The Bertz CT molecular complexity index is 626. The third kappa shape index (κ3) is 3.31. The van der Waals surface area contributed by atoms with Crippen LogP contribution in [0.3, 0.4) is 0 Å². The molecule has 0 amide bonds. The first-order valence-corrected chi connectivity index (χ1v) is 9.74. The van der Waals surface area contributed by atoms with Crippen LogP contribution in [0.15, 0.2) is 11.6 Å². The molecule has 2 aliphatic rings. The van der Waals surface area contributed by atoms with E-state index >= 15 is 0 Å². The Morgan fingerprint density at radius 2 is 1.89 bits per heavy atom. The van der Waals surface area contributed by atoms with Gasteiger partial charge in [-0.15, -0.1) is 0 Å². The maximum atomic E-state index is 12.8. The lowest BCUT2D eigenvalue weighted by atomic mass is 9.44. The number of carbonyl (C=O) groups excluding carboxylic acids is 1. The van der Waals surface area contributed by atoms with Crippen LogP contribution in [0, 0.1) is 22.7 Å². The van der Waals surface area contributed by atoms with Gasteiger partial charge in [-0.1, -0.05) is 26.8 Å². The van der Waals surface area contributed by atoms with Crippen molar-refractivity contribution in [2.75, 3.05) is 14.2 Å². The van der Waals surface area contributed by atoms with Crippen molar-refractivity contribution in [2.24, 2.45) is 22.7 Å². The molecule has 0 aliphatic heterocycles. The number of allylic oxidation sites excluding steroid dienone is 1. The predicted octanol–water partition coefficient (Wildman–Crippen LogP) is 3.18. The average molecular weight is 382 g/mol. The van der Waals surface area contributed by atoms with Gasteiger partial charge in [0.1, 0.15) is 5.60 Å². The molecule has 27 heavy (non-hydrogen) atoms. The van der Waals surface area contributed by atoms with E-state index in [1.165, 1.54) is 7.11 Å². The molecule has 0 aromatic rings. The monoisotopic (exact) mass is 382 g/mol. The topological polar surface area (TPSA) is 93.1 Å². The normalized spacial score (nSPS) is 40.7. The molecule has 2 N–H and O–H groups in total. The van der Waals surface area contributed by atoms with Gasteiger partial charge >= 0.3 is 11.9 Å². The van der Waals surface area contributed by atoms with Crippen LogP contribution in [0.5, 0.6) is 0 Å². The number of ether oxygens (including phenoxy) is 2. The minimum absolute atomic E-state index is 0.197. The first kappa shape index (κ1) is 21.9. The number of carboxylic acids is 1. The summed E-state index contributed by atoms with van der Waals surface area (Å²) in [6.07, 6.45) is 3.69. The van der Waals surface area contributed by atoms with Gasteiger partial charge < -0.3 is 19.7 Å². The van der Waals surface area contributed by atoms with Crippen LogP contribution < -0.4 is 0 Å². The molecule has 0 bridgehead atoms. The van der Waals surface area contributed by atoms with E-state index in [-0.39, 0.29) is 30.3 Å². The summed E-state index contributed by atoms with van der Waals surface area (Å²) in [4.78, 5) is 24.5. The van der Waals surface area contributed by atoms with E-state index in [2.05, 4.69) is 0 Å². The largest absolute Gasteiger partial charge is 0.481 e. The zero-order chi connectivity index (χ0) is 20.6. The Hall–Kier alpha value is -1.40. The summed E-state index contributed by atoms with van der Waals surface area (Å²) in [5.74, 6) is -1.45. The maximum absolute atomic E-state index is 12.8. The van der Waals surface area contributed by atoms with E-state index < -0.39 is 22.4 Å². The third-order valence-electron chi connectivity index (χ3n) is 7.12. The van der Waals surface area contributed by atoms with E-state index in [1.807, 2.05) is 33.8 Å². The van der Waals surface area contributed by atoms with Crippen LogP contribution in [0.2, 0.25) is 0 Å². The molecule has 2 rings (SSSR count). The van der Waals surface area contributed by atoms with Crippen molar-refractivity contribution in [1.82, 2.24) is 0 Å². The van der Waals surface area contributed by atoms with Gasteiger partial charge in [-0.25, -0.2) is 0 Å². The van der Waals surface area contributed by atoms with Gasteiger partial charge in [-0.05, 0) is 50.0 Å². The smallest absolute Gasteiger partial charge is 0.314 e. The summed E-state index contributed by atoms with van der Waals surface area (Å²) in [7, 11) is 2.95. The Balaban J connectivity index is 2.64. The quantitative estimate of drug-likeness (QED) is 0.560. The number of hydrogen-bond acceptors (Lipinski definition) is 5. The van der Waals surface area contributed by atoms with Crippen LogP contribution in [0.4, 0.5) is 0 Å². The van der Waals surface area contributed by atoms with Crippen molar-refractivity contribution in [3.05, 3.63) is 11.6 Å². The van der Waals surface area contributed by atoms with Crippen molar-refractivity contribution in [2.45, 2.75) is 71.5 Å². The van der Waals surface area contributed by atoms with Crippen LogP contribution in [-0.2, 0) is 19.1 Å². The second kappa shape index (κ2) is 7.55. The molecule has 154 valence electrons. The predicted molar refractivity (Wildman–Crippen MR) is 101 cm³/mol. The number of rotatable bonds is 5. The highest BCUT2D eigenvalue weighted by molar-refractivity contribution is 5.78. The Labute approximate surface area is 161 Å². The molecule has 0 radical (unpaired) electrons. The number of fused-ring (bicyclic) bond motifs is 1. The molecule has 0 unspecified atom stereocenters. The standard InChI is InChI=1S/C21H34O6/c1-13(2)11-14-7-8-15-19(3,21(14,25)12-17(22)23)10-9-16(26-5)20(15,4)18(24)27-6/h11,13,15-16,25H,7-10,12H2,1-6H3,(H,22,23)/b14-11+/t15-,16+,19+,20-,21+/m1/s1. The number of methoxy groups -OCH3 is 2. The summed E-state index contributed by atoms with van der Waals surface area (Å²) in [6.45, 7) is 7.81.